The van der Waals surface area contributed by atoms with Gasteiger partial charge in [0.05, 0.1) is 29.5 Å². The average molecular weight is 435 g/mol. The lowest BCUT2D eigenvalue weighted by atomic mass is 10.2. The minimum absolute atomic E-state index is 0.00314. The van der Waals surface area contributed by atoms with Crippen LogP contribution in [0, 0.1) is 0 Å². The lowest BCUT2D eigenvalue weighted by molar-refractivity contribution is -0.130. The van der Waals surface area contributed by atoms with Crippen molar-refractivity contribution < 1.29 is 9.90 Å². The number of likely N-dealkylation sites (tertiary alicyclic amines) is 1. The molecule has 0 bridgehead atoms. The number of anilines is 2. The molecule has 0 aliphatic carbocycles. The van der Waals surface area contributed by atoms with Crippen molar-refractivity contribution >= 4 is 39.9 Å². The van der Waals surface area contributed by atoms with Crippen molar-refractivity contribution in [3.05, 3.63) is 36.4 Å². The number of aromatic nitrogens is 6. The number of β-amino-alcohol motifs (C(OH)–C–C–N with tert-alkyl or cyclic N) is 1. The Balaban J connectivity index is 1.24. The highest BCUT2D eigenvalue weighted by molar-refractivity contribution is 5.83. The molecule has 1 amide bonds. The van der Waals surface area contributed by atoms with Gasteiger partial charge in [0.1, 0.15) is 11.3 Å². The van der Waals surface area contributed by atoms with Crippen LogP contribution in [-0.2, 0) is 18.3 Å². The monoisotopic (exact) mass is 435 g/mol. The summed E-state index contributed by atoms with van der Waals surface area (Å²) < 4.78 is 3.79. The maximum absolute atomic E-state index is 12.8. The van der Waals surface area contributed by atoms with E-state index >= 15 is 0 Å². The maximum atomic E-state index is 12.8. The number of hydrogen-bond donors (Lipinski definition) is 3. The highest BCUT2D eigenvalue weighted by atomic mass is 16.3. The van der Waals surface area contributed by atoms with Gasteiger partial charge in [-0.3, -0.25) is 4.79 Å². The third-order valence-electron chi connectivity index (χ3n) is 6.11. The highest BCUT2D eigenvalue weighted by Gasteiger charge is 2.36. The molecule has 2 atom stereocenters. The third-order valence-corrected chi connectivity index (χ3v) is 6.11. The van der Waals surface area contributed by atoms with E-state index in [1.165, 1.54) is 0 Å². The van der Waals surface area contributed by atoms with Crippen LogP contribution in [-0.4, -0.2) is 64.2 Å². The first-order valence-electron chi connectivity index (χ1n) is 10.5. The van der Waals surface area contributed by atoms with E-state index < -0.39 is 6.10 Å². The minimum atomic E-state index is -0.742. The van der Waals surface area contributed by atoms with Crippen molar-refractivity contribution in [2.75, 3.05) is 24.6 Å². The van der Waals surface area contributed by atoms with Crippen LogP contribution >= 0.6 is 0 Å². The van der Waals surface area contributed by atoms with Gasteiger partial charge in [-0.25, -0.2) is 9.97 Å². The molecule has 0 saturated carbocycles. The van der Waals surface area contributed by atoms with Gasteiger partial charge >= 0.3 is 0 Å². The molecule has 0 radical (unpaired) electrons. The number of hydrogen-bond acceptors (Lipinski definition) is 8. The molecule has 11 heteroatoms. The number of fused-ring (bicyclic) bond motifs is 2. The molecule has 0 spiro atoms. The number of aliphatic hydroxyl groups excluding tert-OH is 1. The molecule has 1 fully saturated rings. The van der Waals surface area contributed by atoms with Gasteiger partial charge in [-0.05, 0) is 18.6 Å². The Bertz CT molecular complexity index is 1310. The predicted octanol–water partition coefficient (Wildman–Crippen LogP) is 0.645. The van der Waals surface area contributed by atoms with E-state index in [-0.39, 0.29) is 30.3 Å². The van der Waals surface area contributed by atoms with Gasteiger partial charge in [0.15, 0.2) is 11.5 Å². The Labute approximate surface area is 183 Å². The largest absolute Gasteiger partial charge is 0.389 e. The first-order valence-corrected chi connectivity index (χ1v) is 10.5. The van der Waals surface area contributed by atoms with E-state index in [9.17, 15) is 9.90 Å². The van der Waals surface area contributed by atoms with E-state index in [1.54, 1.807) is 15.8 Å². The Kier molecular flexibility index (Phi) is 4.89. The molecule has 3 aromatic heterocycles. The first-order chi connectivity index (χ1) is 15.4. The fourth-order valence-electron chi connectivity index (χ4n) is 4.42. The standard InChI is InChI=1S/C21H25N9O2/c1-28-13-6-3-2-5-12(13)25-16(28)7-4-8-17(32)29-9-14(15(31)10-29)30-11-24-18-19(22)26-21(23)27-20(18)30/h2-3,5-6,11,14-15,31H,4,7-10H2,1H3,(H4,22,23,26,27)/t14-,15-/m0/s1. The summed E-state index contributed by atoms with van der Waals surface area (Å²) in [7, 11) is 1.99. The molecular weight excluding hydrogens is 410 g/mol. The lowest BCUT2D eigenvalue weighted by Gasteiger charge is -2.17. The van der Waals surface area contributed by atoms with Crippen LogP contribution in [0.15, 0.2) is 30.6 Å². The number of para-hydroxylation sites is 2. The topological polar surface area (TPSA) is 154 Å². The first kappa shape index (κ1) is 20.2. The highest BCUT2D eigenvalue weighted by Crippen LogP contribution is 2.28. The number of imidazole rings is 2. The SMILES string of the molecule is Cn1c(CCCC(=O)N2C[C@H](O)[C@@H](n3cnc4c(N)nc(N)nc43)C2)nc2ccccc21. The van der Waals surface area contributed by atoms with Crippen LogP contribution in [0.1, 0.15) is 24.7 Å². The van der Waals surface area contributed by atoms with Crippen LogP contribution in [0.3, 0.4) is 0 Å². The van der Waals surface area contributed by atoms with Gasteiger partial charge in [0, 0.05) is 33.0 Å². The van der Waals surface area contributed by atoms with Gasteiger partial charge < -0.3 is 30.6 Å². The van der Waals surface area contributed by atoms with E-state index in [4.69, 9.17) is 11.5 Å². The molecule has 0 unspecified atom stereocenters. The molecule has 1 aliphatic heterocycles. The molecule has 1 aliphatic rings. The van der Waals surface area contributed by atoms with E-state index in [1.807, 2.05) is 31.3 Å². The quantitative estimate of drug-likeness (QED) is 0.413. The smallest absolute Gasteiger partial charge is 0.224 e. The number of carbonyl (C=O) groups is 1. The van der Waals surface area contributed by atoms with Crippen molar-refractivity contribution in [2.24, 2.45) is 7.05 Å². The Morgan fingerprint density at radius 1 is 1.19 bits per heavy atom. The number of carbonyl (C=O) groups excluding carboxylic acids is 1. The summed E-state index contributed by atoms with van der Waals surface area (Å²) in [6.45, 7) is 0.618. The number of nitrogens with zero attached hydrogens (tertiary/aromatic N) is 7. The molecule has 1 saturated heterocycles. The normalized spacial score (nSPS) is 18.8. The maximum Gasteiger partial charge on any atom is 0.224 e. The zero-order chi connectivity index (χ0) is 22.4. The average Bonchev–Trinajstić information content (AvgIpc) is 3.44. The molecule has 5 rings (SSSR count). The Morgan fingerprint density at radius 2 is 2.00 bits per heavy atom. The number of rotatable bonds is 5. The summed E-state index contributed by atoms with van der Waals surface area (Å²) in [5.74, 6) is 1.19. The zero-order valence-corrected chi connectivity index (χ0v) is 17.7. The number of benzene rings is 1. The van der Waals surface area contributed by atoms with Crippen molar-refractivity contribution in [2.45, 2.75) is 31.4 Å². The number of amides is 1. The molecule has 4 aromatic rings. The Morgan fingerprint density at radius 3 is 2.81 bits per heavy atom. The number of aliphatic hydroxyl groups is 1. The van der Waals surface area contributed by atoms with Gasteiger partial charge in [0.25, 0.3) is 0 Å². The van der Waals surface area contributed by atoms with Crippen molar-refractivity contribution in [1.29, 1.82) is 0 Å². The van der Waals surface area contributed by atoms with Gasteiger partial charge in [-0.2, -0.15) is 9.97 Å². The van der Waals surface area contributed by atoms with Gasteiger partial charge in [-0.1, -0.05) is 12.1 Å². The van der Waals surface area contributed by atoms with E-state index in [2.05, 4.69) is 24.5 Å². The summed E-state index contributed by atoms with van der Waals surface area (Å²) >= 11 is 0. The van der Waals surface area contributed by atoms with Crippen molar-refractivity contribution in [3.8, 4) is 0 Å². The summed E-state index contributed by atoms with van der Waals surface area (Å²) in [5.41, 5.74) is 14.5. The second kappa shape index (κ2) is 7.75. The summed E-state index contributed by atoms with van der Waals surface area (Å²) in [5, 5.41) is 10.6. The van der Waals surface area contributed by atoms with E-state index in [0.29, 0.717) is 37.0 Å². The molecule has 5 N–H and O–H groups in total. The summed E-state index contributed by atoms with van der Waals surface area (Å²) in [6, 6.07) is 7.61. The van der Waals surface area contributed by atoms with E-state index in [0.717, 1.165) is 16.9 Å². The van der Waals surface area contributed by atoms with Crippen LogP contribution in [0.2, 0.25) is 0 Å². The molecular formula is C21H25N9O2. The van der Waals surface area contributed by atoms with Crippen molar-refractivity contribution in [3.63, 3.8) is 0 Å². The minimum Gasteiger partial charge on any atom is -0.389 e. The second-order valence-corrected chi connectivity index (χ2v) is 8.15. The molecule has 32 heavy (non-hydrogen) atoms. The second-order valence-electron chi connectivity index (χ2n) is 8.15. The predicted molar refractivity (Wildman–Crippen MR) is 119 cm³/mol. The van der Waals surface area contributed by atoms with Crippen LogP contribution in [0.25, 0.3) is 22.2 Å². The van der Waals surface area contributed by atoms with Crippen LogP contribution in [0.5, 0.6) is 0 Å². The number of nitrogen functional groups attached to an aromatic ring is 2. The summed E-state index contributed by atoms with van der Waals surface area (Å²) in [6.07, 6.45) is 2.59. The zero-order valence-electron chi connectivity index (χ0n) is 17.7. The molecule has 11 nitrogen and oxygen atoms in total. The number of nitrogens with two attached hydrogens (primary N) is 2. The van der Waals surface area contributed by atoms with Gasteiger partial charge in [-0.15, -0.1) is 0 Å². The fourth-order valence-corrected chi connectivity index (χ4v) is 4.42. The third kappa shape index (κ3) is 3.40. The summed E-state index contributed by atoms with van der Waals surface area (Å²) in [4.78, 5) is 31.6. The van der Waals surface area contributed by atoms with Gasteiger partial charge in [0.2, 0.25) is 11.9 Å². The molecule has 4 heterocycles. The molecule has 1 aromatic carbocycles. The van der Waals surface area contributed by atoms with Crippen LogP contribution in [0.4, 0.5) is 11.8 Å². The number of aryl methyl sites for hydroxylation is 2. The molecule has 166 valence electrons. The lowest BCUT2D eigenvalue weighted by Crippen LogP contribution is -2.29. The Hall–Kier alpha value is -3.73. The van der Waals surface area contributed by atoms with Crippen LogP contribution < -0.4 is 11.5 Å². The fraction of sp³-hybridized carbons (Fsp3) is 0.381. The van der Waals surface area contributed by atoms with Crippen molar-refractivity contribution in [1.82, 2.24) is 34.0 Å².